The lowest BCUT2D eigenvalue weighted by Crippen LogP contribution is -1.96. The summed E-state index contributed by atoms with van der Waals surface area (Å²) in [6.07, 6.45) is 0.833. The Morgan fingerprint density at radius 3 is 1.53 bits per heavy atom. The quantitative estimate of drug-likeness (QED) is 0.154. The fourth-order valence-corrected chi connectivity index (χ4v) is 9.13. The van der Waals surface area contributed by atoms with E-state index in [1.54, 1.807) is 0 Å². The van der Waals surface area contributed by atoms with E-state index in [2.05, 4.69) is 228 Å². The molecule has 0 saturated carbocycles. The van der Waals surface area contributed by atoms with Gasteiger partial charge in [0.15, 0.2) is 0 Å². The molecule has 11 rings (SSSR count). The minimum absolute atomic E-state index is 0.833. The van der Waals surface area contributed by atoms with Crippen LogP contribution in [0.5, 0.6) is 0 Å². The van der Waals surface area contributed by atoms with Gasteiger partial charge < -0.3 is 9.13 Å². The molecule has 0 unspecified atom stereocenters. The van der Waals surface area contributed by atoms with E-state index in [9.17, 15) is 0 Å². The van der Waals surface area contributed by atoms with Crippen molar-refractivity contribution in [2.75, 3.05) is 0 Å². The van der Waals surface area contributed by atoms with Crippen LogP contribution in [0.1, 0.15) is 16.7 Å². The van der Waals surface area contributed by atoms with Gasteiger partial charge in [0.1, 0.15) is 0 Å². The van der Waals surface area contributed by atoms with Crippen molar-refractivity contribution in [2.45, 2.75) is 13.3 Å². The van der Waals surface area contributed by atoms with Crippen LogP contribution in [-0.4, -0.2) is 9.13 Å². The molecule has 9 aromatic carbocycles. The number of hydrogen-bond donors (Lipinski definition) is 0. The van der Waals surface area contributed by atoms with Crippen LogP contribution in [0.3, 0.4) is 0 Å². The molecule has 0 saturated heterocycles. The van der Waals surface area contributed by atoms with Crippen LogP contribution in [0.2, 0.25) is 0 Å². The van der Waals surface area contributed by atoms with Crippen LogP contribution < -0.4 is 0 Å². The molecule has 274 valence electrons. The standard InChI is InChI=1S/C56H40N2/c1-38-14-5-6-19-47(38)51-36-42(40-28-31-46(32-29-40)58-53-23-10-7-20-48(53)49-21-8-11-24-54(49)58)26-27-44(51)35-39-15-13-16-41(34-39)43-30-33-56-52(37-43)50-22-9-12-25-55(50)57(56)45-17-3-2-4-18-45/h2-34,36-37H,35H2,1H3. The normalized spacial score (nSPS) is 11.6. The van der Waals surface area contributed by atoms with Gasteiger partial charge in [-0.2, -0.15) is 0 Å². The lowest BCUT2D eigenvalue weighted by Gasteiger charge is -2.16. The molecule has 11 aromatic rings. The van der Waals surface area contributed by atoms with Gasteiger partial charge >= 0.3 is 0 Å². The van der Waals surface area contributed by atoms with Gasteiger partial charge in [0, 0.05) is 32.9 Å². The van der Waals surface area contributed by atoms with E-state index in [0.717, 1.165) is 12.1 Å². The first-order valence-corrected chi connectivity index (χ1v) is 20.1. The molecular formula is C56H40N2. The Labute approximate surface area is 338 Å². The predicted molar refractivity (Wildman–Crippen MR) is 245 cm³/mol. The van der Waals surface area contributed by atoms with Crippen LogP contribution in [0, 0.1) is 6.92 Å². The summed E-state index contributed by atoms with van der Waals surface area (Å²) in [6.45, 7) is 2.22. The molecule has 0 bridgehead atoms. The number of aryl methyl sites for hydroxylation is 1. The molecule has 2 heteroatoms. The second kappa shape index (κ2) is 14.0. The summed E-state index contributed by atoms with van der Waals surface area (Å²) in [4.78, 5) is 0. The fraction of sp³-hybridized carbons (Fsp3) is 0.0357. The average Bonchev–Trinajstić information content (AvgIpc) is 3.80. The molecule has 58 heavy (non-hydrogen) atoms. The van der Waals surface area contributed by atoms with Crippen molar-refractivity contribution in [1.82, 2.24) is 9.13 Å². The lowest BCUT2D eigenvalue weighted by atomic mass is 9.89. The van der Waals surface area contributed by atoms with Crippen LogP contribution in [0.4, 0.5) is 0 Å². The van der Waals surface area contributed by atoms with Crippen LogP contribution in [0.25, 0.3) is 88.4 Å². The number of nitrogens with zero attached hydrogens (tertiary/aromatic N) is 2. The second-order valence-corrected chi connectivity index (χ2v) is 15.4. The third kappa shape index (κ3) is 5.73. The van der Waals surface area contributed by atoms with Crippen LogP contribution >= 0.6 is 0 Å². The Balaban J connectivity index is 0.953. The molecule has 0 atom stereocenters. The van der Waals surface area contributed by atoms with E-state index < -0.39 is 0 Å². The summed E-state index contributed by atoms with van der Waals surface area (Å²) in [5, 5.41) is 5.09. The van der Waals surface area contributed by atoms with Gasteiger partial charge in [-0.3, -0.25) is 0 Å². The van der Waals surface area contributed by atoms with E-state index in [1.165, 1.54) is 99.4 Å². The van der Waals surface area contributed by atoms with Crippen molar-refractivity contribution in [2.24, 2.45) is 0 Å². The summed E-state index contributed by atoms with van der Waals surface area (Å²) in [6, 6.07) is 77.7. The monoisotopic (exact) mass is 740 g/mol. The zero-order valence-corrected chi connectivity index (χ0v) is 32.3. The van der Waals surface area contributed by atoms with Gasteiger partial charge in [-0.25, -0.2) is 0 Å². The van der Waals surface area contributed by atoms with E-state index in [-0.39, 0.29) is 0 Å². The van der Waals surface area contributed by atoms with Crippen LogP contribution in [-0.2, 0) is 6.42 Å². The maximum atomic E-state index is 2.40. The number of fused-ring (bicyclic) bond motifs is 6. The number of aromatic nitrogens is 2. The summed E-state index contributed by atoms with van der Waals surface area (Å²) >= 11 is 0. The highest BCUT2D eigenvalue weighted by atomic mass is 15.0. The molecule has 2 nitrogen and oxygen atoms in total. The Morgan fingerprint density at radius 1 is 0.328 bits per heavy atom. The molecule has 0 aliphatic heterocycles. The Bertz CT molecular complexity index is 3250. The first kappa shape index (κ1) is 33.9. The van der Waals surface area contributed by atoms with E-state index >= 15 is 0 Å². The van der Waals surface area contributed by atoms with Crippen molar-refractivity contribution >= 4 is 43.6 Å². The lowest BCUT2D eigenvalue weighted by molar-refractivity contribution is 1.18. The zero-order chi connectivity index (χ0) is 38.6. The first-order chi connectivity index (χ1) is 28.7. The average molecular weight is 741 g/mol. The minimum Gasteiger partial charge on any atom is -0.309 e. The largest absolute Gasteiger partial charge is 0.309 e. The van der Waals surface area contributed by atoms with E-state index in [4.69, 9.17) is 0 Å². The Kier molecular flexibility index (Phi) is 8.15. The van der Waals surface area contributed by atoms with Crippen molar-refractivity contribution in [3.8, 4) is 44.8 Å². The maximum absolute atomic E-state index is 2.40. The number of para-hydroxylation sites is 4. The SMILES string of the molecule is Cc1ccccc1-c1cc(-c2ccc(-n3c4ccccc4c4ccccc43)cc2)ccc1Cc1cccc(-c2ccc3c(c2)c2ccccc2n3-c2ccccc2)c1. The third-order valence-electron chi connectivity index (χ3n) is 11.9. The molecule has 2 aromatic heterocycles. The molecule has 0 radical (unpaired) electrons. The molecular weight excluding hydrogens is 701 g/mol. The summed E-state index contributed by atoms with van der Waals surface area (Å²) in [5.74, 6) is 0. The molecule has 0 N–H and O–H groups in total. The molecule has 2 heterocycles. The molecule has 0 amide bonds. The minimum atomic E-state index is 0.833. The first-order valence-electron chi connectivity index (χ1n) is 20.1. The fourth-order valence-electron chi connectivity index (χ4n) is 9.13. The van der Waals surface area contributed by atoms with Gasteiger partial charge in [-0.05, 0) is 124 Å². The Morgan fingerprint density at radius 2 is 0.845 bits per heavy atom. The number of rotatable bonds is 7. The van der Waals surface area contributed by atoms with Crippen molar-refractivity contribution < 1.29 is 0 Å². The van der Waals surface area contributed by atoms with Gasteiger partial charge in [0.2, 0.25) is 0 Å². The smallest absolute Gasteiger partial charge is 0.0541 e. The van der Waals surface area contributed by atoms with Crippen LogP contribution in [0.15, 0.2) is 212 Å². The summed E-state index contributed by atoms with van der Waals surface area (Å²) in [7, 11) is 0. The van der Waals surface area contributed by atoms with Gasteiger partial charge in [0.25, 0.3) is 0 Å². The summed E-state index contributed by atoms with van der Waals surface area (Å²) < 4.78 is 4.76. The topological polar surface area (TPSA) is 9.86 Å². The highest BCUT2D eigenvalue weighted by molar-refractivity contribution is 6.11. The zero-order valence-electron chi connectivity index (χ0n) is 32.3. The van der Waals surface area contributed by atoms with E-state index in [1.807, 2.05) is 0 Å². The van der Waals surface area contributed by atoms with Gasteiger partial charge in [0.05, 0.1) is 22.1 Å². The highest BCUT2D eigenvalue weighted by Gasteiger charge is 2.16. The number of hydrogen-bond acceptors (Lipinski definition) is 0. The molecule has 0 spiro atoms. The number of benzene rings is 9. The molecule has 0 aliphatic rings. The predicted octanol–water partition coefficient (Wildman–Crippen LogP) is 14.8. The molecule has 0 fully saturated rings. The van der Waals surface area contributed by atoms with Gasteiger partial charge in [-0.1, -0.05) is 152 Å². The highest BCUT2D eigenvalue weighted by Crippen LogP contribution is 2.38. The third-order valence-corrected chi connectivity index (χ3v) is 11.9. The van der Waals surface area contributed by atoms with Crippen molar-refractivity contribution in [3.63, 3.8) is 0 Å². The maximum Gasteiger partial charge on any atom is 0.0541 e. The summed E-state index contributed by atoms with van der Waals surface area (Å²) in [5.41, 5.74) is 18.6. The second-order valence-electron chi connectivity index (χ2n) is 15.4. The van der Waals surface area contributed by atoms with Crippen molar-refractivity contribution in [1.29, 1.82) is 0 Å². The molecule has 0 aliphatic carbocycles. The van der Waals surface area contributed by atoms with Crippen molar-refractivity contribution in [3.05, 3.63) is 229 Å². The Hall–Kier alpha value is -7.42. The van der Waals surface area contributed by atoms with Gasteiger partial charge in [-0.15, -0.1) is 0 Å². The van der Waals surface area contributed by atoms with E-state index in [0.29, 0.717) is 0 Å².